The highest BCUT2D eigenvalue weighted by atomic mass is 16.3. The first-order valence-corrected chi connectivity index (χ1v) is 8.02. The van der Waals surface area contributed by atoms with Crippen LogP contribution in [0.25, 0.3) is 0 Å². The number of carbonyl (C=O) groups excluding carboxylic acids is 2. The largest absolute Gasteiger partial charge is 0.394 e. The van der Waals surface area contributed by atoms with E-state index in [1.54, 1.807) is 4.68 Å². The lowest BCUT2D eigenvalue weighted by Gasteiger charge is -2.53. The molecule has 1 aromatic heterocycles. The second kappa shape index (κ2) is 5.01. The number of rotatable bonds is 3. The lowest BCUT2D eigenvalue weighted by molar-refractivity contribution is -0.145. The summed E-state index contributed by atoms with van der Waals surface area (Å²) in [6, 6.07) is 0. The van der Waals surface area contributed by atoms with Gasteiger partial charge in [-0.05, 0) is 30.7 Å². The molecule has 1 aromatic rings. The molecule has 3 rings (SSSR count). The van der Waals surface area contributed by atoms with E-state index in [0.717, 1.165) is 24.8 Å². The molecule has 0 aliphatic heterocycles. The second-order valence-corrected chi connectivity index (χ2v) is 7.53. The fourth-order valence-corrected chi connectivity index (χ4v) is 4.83. The Kier molecular flexibility index (Phi) is 3.51. The maximum Gasteiger partial charge on any atom is 0.148 e. The molecular weight excluding hydrogens is 280 g/mol. The molecule has 2 aliphatic rings. The van der Waals surface area contributed by atoms with Gasteiger partial charge in [0, 0.05) is 17.0 Å². The molecule has 0 radical (unpaired) electrons. The third kappa shape index (κ3) is 1.98. The molecule has 5 nitrogen and oxygen atoms in total. The molecule has 1 fully saturated rings. The summed E-state index contributed by atoms with van der Waals surface area (Å²) in [5, 5.41) is 13.8. The number of hydrogen-bond acceptors (Lipinski definition) is 4. The van der Waals surface area contributed by atoms with Crippen molar-refractivity contribution >= 4 is 12.1 Å². The number of fused-ring (bicyclic) bond motifs is 3. The minimum atomic E-state index is -0.537. The van der Waals surface area contributed by atoms with E-state index in [1.165, 1.54) is 5.56 Å². The Balaban J connectivity index is 2.09. The van der Waals surface area contributed by atoms with Gasteiger partial charge in [-0.15, -0.1) is 0 Å². The Morgan fingerprint density at radius 1 is 1.45 bits per heavy atom. The summed E-state index contributed by atoms with van der Waals surface area (Å²) in [4.78, 5) is 24.0. The molecule has 0 spiro atoms. The lowest BCUT2D eigenvalue weighted by atomic mass is 9.49. The molecule has 1 saturated carbocycles. The first kappa shape index (κ1) is 15.4. The quantitative estimate of drug-likeness (QED) is 0.678. The van der Waals surface area contributed by atoms with Gasteiger partial charge in [-0.3, -0.25) is 9.48 Å². The normalized spacial score (nSPS) is 33.2. The van der Waals surface area contributed by atoms with Crippen molar-refractivity contribution in [1.82, 2.24) is 9.78 Å². The zero-order valence-electron chi connectivity index (χ0n) is 13.5. The molecule has 0 saturated heterocycles. The van der Waals surface area contributed by atoms with Gasteiger partial charge in [-0.25, -0.2) is 0 Å². The number of Topliss-reactive ketones (excluding diaryl/α,β-unsaturated/α-hetero) is 1. The highest BCUT2D eigenvalue weighted by Crippen LogP contribution is 2.56. The number of carbonyl (C=O) groups is 2. The molecule has 3 atom stereocenters. The molecule has 1 heterocycles. The summed E-state index contributed by atoms with van der Waals surface area (Å²) in [5.41, 5.74) is 1.46. The smallest absolute Gasteiger partial charge is 0.148 e. The summed E-state index contributed by atoms with van der Waals surface area (Å²) in [5.74, 6) is -0.262. The third-order valence-electron chi connectivity index (χ3n) is 5.83. The molecule has 1 N–H and O–H groups in total. The fourth-order valence-electron chi connectivity index (χ4n) is 4.83. The fraction of sp³-hybridized carbons (Fsp3) is 0.706. The van der Waals surface area contributed by atoms with Crippen LogP contribution >= 0.6 is 0 Å². The zero-order chi connectivity index (χ0) is 16.1. The van der Waals surface area contributed by atoms with Crippen LogP contribution in [0.15, 0.2) is 6.20 Å². The van der Waals surface area contributed by atoms with E-state index in [0.29, 0.717) is 13.0 Å². The number of aliphatic hydroxyl groups excluding tert-OH is 1. The Morgan fingerprint density at radius 2 is 2.18 bits per heavy atom. The highest BCUT2D eigenvalue weighted by molar-refractivity contribution is 5.98. The van der Waals surface area contributed by atoms with Crippen LogP contribution in [0.4, 0.5) is 0 Å². The summed E-state index contributed by atoms with van der Waals surface area (Å²) in [6.07, 6.45) is 5.21. The van der Waals surface area contributed by atoms with Gasteiger partial charge in [-0.1, -0.05) is 20.8 Å². The average molecular weight is 304 g/mol. The first-order valence-electron chi connectivity index (χ1n) is 8.02. The molecule has 2 aliphatic carbocycles. The minimum Gasteiger partial charge on any atom is -0.394 e. The number of aldehydes is 1. The van der Waals surface area contributed by atoms with Crippen molar-refractivity contribution < 1.29 is 14.7 Å². The van der Waals surface area contributed by atoms with E-state index >= 15 is 0 Å². The third-order valence-corrected chi connectivity index (χ3v) is 5.83. The van der Waals surface area contributed by atoms with E-state index in [2.05, 4.69) is 12.0 Å². The van der Waals surface area contributed by atoms with Gasteiger partial charge in [0.2, 0.25) is 0 Å². The monoisotopic (exact) mass is 304 g/mol. The van der Waals surface area contributed by atoms with E-state index < -0.39 is 11.3 Å². The van der Waals surface area contributed by atoms with Crippen molar-refractivity contribution in [3.63, 3.8) is 0 Å². The van der Waals surface area contributed by atoms with Gasteiger partial charge in [0.25, 0.3) is 0 Å². The molecule has 0 aromatic carbocycles. The molecule has 22 heavy (non-hydrogen) atoms. The molecular formula is C17H24N2O3. The van der Waals surface area contributed by atoms with Gasteiger partial charge in [0.1, 0.15) is 12.1 Å². The summed E-state index contributed by atoms with van der Waals surface area (Å²) in [7, 11) is 0. The van der Waals surface area contributed by atoms with E-state index in [9.17, 15) is 9.59 Å². The van der Waals surface area contributed by atoms with Crippen molar-refractivity contribution in [2.75, 3.05) is 6.61 Å². The summed E-state index contributed by atoms with van der Waals surface area (Å²) < 4.78 is 1.79. The van der Waals surface area contributed by atoms with Gasteiger partial charge >= 0.3 is 0 Å². The van der Waals surface area contributed by atoms with Gasteiger partial charge in [-0.2, -0.15) is 5.10 Å². The van der Waals surface area contributed by atoms with Crippen molar-refractivity contribution in [2.24, 2.45) is 17.3 Å². The van der Waals surface area contributed by atoms with Crippen molar-refractivity contribution in [2.45, 2.75) is 52.0 Å². The van der Waals surface area contributed by atoms with Crippen LogP contribution in [0.1, 0.15) is 44.9 Å². The Hall–Kier alpha value is -1.49. The molecule has 1 unspecified atom stereocenters. The Bertz CT molecular complexity index is 619. The summed E-state index contributed by atoms with van der Waals surface area (Å²) in [6.45, 7) is 6.64. The van der Waals surface area contributed by atoms with Gasteiger partial charge in [0.15, 0.2) is 0 Å². The Labute approximate surface area is 130 Å². The number of ketones is 1. The minimum absolute atomic E-state index is 0.0572. The number of aryl methyl sites for hydroxylation is 1. The average Bonchev–Trinajstić information content (AvgIpc) is 2.87. The van der Waals surface area contributed by atoms with E-state index in [1.807, 2.05) is 20.0 Å². The topological polar surface area (TPSA) is 72.2 Å². The van der Waals surface area contributed by atoms with Crippen LogP contribution in [-0.2, 0) is 28.0 Å². The first-order chi connectivity index (χ1) is 10.3. The SMILES string of the molecule is CC1(C)C(=O)C(C=O)C[C@]2(C)c3nn(CCO)cc3CC[C@@H]12. The summed E-state index contributed by atoms with van der Waals surface area (Å²) >= 11 is 0. The molecule has 0 bridgehead atoms. The predicted molar refractivity (Wildman–Crippen MR) is 81.4 cm³/mol. The van der Waals surface area contributed by atoms with Crippen LogP contribution in [0.5, 0.6) is 0 Å². The lowest BCUT2D eigenvalue weighted by Crippen LogP contribution is -2.56. The maximum absolute atomic E-state index is 12.6. The number of aromatic nitrogens is 2. The van der Waals surface area contributed by atoms with Crippen molar-refractivity contribution in [1.29, 1.82) is 0 Å². The zero-order valence-corrected chi connectivity index (χ0v) is 13.5. The van der Waals surface area contributed by atoms with Crippen LogP contribution in [0, 0.1) is 17.3 Å². The van der Waals surface area contributed by atoms with E-state index in [-0.39, 0.29) is 23.7 Å². The highest BCUT2D eigenvalue weighted by Gasteiger charge is 2.57. The molecule has 5 heteroatoms. The van der Waals surface area contributed by atoms with Crippen LogP contribution in [0.2, 0.25) is 0 Å². The predicted octanol–water partition coefficient (Wildman–Crippen LogP) is 1.51. The standard InChI is InChI=1S/C17H24N2O3/c1-16(2)13-5-4-11-9-19(6-7-20)18-14(11)17(13,3)8-12(10-21)15(16)22/h9-10,12-13,20H,4-8H2,1-3H3/t12?,13-,17-/m0/s1. The maximum atomic E-state index is 12.6. The van der Waals surface area contributed by atoms with Crippen LogP contribution in [-0.4, -0.2) is 33.6 Å². The number of hydrogen-bond donors (Lipinski definition) is 1. The molecule has 120 valence electrons. The van der Waals surface area contributed by atoms with Gasteiger partial charge < -0.3 is 9.90 Å². The van der Waals surface area contributed by atoms with Crippen molar-refractivity contribution in [3.8, 4) is 0 Å². The number of nitrogens with zero attached hydrogens (tertiary/aromatic N) is 2. The number of aliphatic hydroxyl groups is 1. The van der Waals surface area contributed by atoms with Crippen molar-refractivity contribution in [3.05, 3.63) is 17.5 Å². The van der Waals surface area contributed by atoms with Gasteiger partial charge in [0.05, 0.1) is 24.8 Å². The van der Waals surface area contributed by atoms with Crippen LogP contribution < -0.4 is 0 Å². The van der Waals surface area contributed by atoms with E-state index in [4.69, 9.17) is 5.11 Å². The molecule has 0 amide bonds. The Morgan fingerprint density at radius 3 is 2.82 bits per heavy atom. The second-order valence-electron chi connectivity index (χ2n) is 7.53. The van der Waals surface area contributed by atoms with Crippen LogP contribution in [0.3, 0.4) is 0 Å².